The maximum Gasteiger partial charge on any atom is 0.0500 e. The average molecular weight is 248 g/mol. The van der Waals surface area contributed by atoms with Crippen LogP contribution in [0.25, 0.3) is 11.1 Å². The summed E-state index contributed by atoms with van der Waals surface area (Å²) in [5, 5.41) is 1.16. The molecule has 0 fully saturated rings. The maximum absolute atomic E-state index is 6.11. The van der Waals surface area contributed by atoms with Gasteiger partial charge in [-0.25, -0.2) is 0 Å². The molecule has 0 aliphatic carbocycles. The van der Waals surface area contributed by atoms with E-state index in [1.54, 1.807) is 30.6 Å². The van der Waals surface area contributed by atoms with Gasteiger partial charge >= 0.3 is 0 Å². The molecule has 1 aromatic carbocycles. The Morgan fingerprint density at radius 2 is 1.94 bits per heavy atom. The quantitative estimate of drug-likeness (QED) is 0.694. The van der Waals surface area contributed by atoms with Crippen LogP contribution in [0.1, 0.15) is 5.56 Å². The predicted octanol–water partition coefficient (Wildman–Crippen LogP) is 4.04. The molecule has 0 unspecified atom stereocenters. The van der Waals surface area contributed by atoms with Crippen LogP contribution >= 0.6 is 23.2 Å². The SMILES string of the molecule is C#Cc1ccncc1-c1ccc(Cl)cc1Cl. The molecule has 1 nitrogen and oxygen atoms in total. The van der Waals surface area contributed by atoms with Crippen molar-refractivity contribution < 1.29 is 0 Å². The van der Waals surface area contributed by atoms with Crippen LogP contribution in [-0.2, 0) is 0 Å². The molecule has 0 atom stereocenters. The van der Waals surface area contributed by atoms with Gasteiger partial charge in [0.2, 0.25) is 0 Å². The fourth-order valence-electron chi connectivity index (χ4n) is 1.44. The van der Waals surface area contributed by atoms with Crippen LogP contribution in [0, 0.1) is 12.3 Å². The Labute approximate surface area is 104 Å². The highest BCUT2D eigenvalue weighted by Crippen LogP contribution is 2.31. The third kappa shape index (κ3) is 2.04. The lowest BCUT2D eigenvalue weighted by atomic mass is 10.0. The number of aromatic nitrogens is 1. The minimum atomic E-state index is 0.567. The van der Waals surface area contributed by atoms with Crippen LogP contribution in [0.15, 0.2) is 36.7 Å². The van der Waals surface area contributed by atoms with Gasteiger partial charge in [-0.05, 0) is 18.2 Å². The van der Waals surface area contributed by atoms with E-state index in [9.17, 15) is 0 Å². The van der Waals surface area contributed by atoms with Gasteiger partial charge in [0.05, 0.1) is 0 Å². The Kier molecular flexibility index (Phi) is 3.14. The van der Waals surface area contributed by atoms with Crippen LogP contribution < -0.4 is 0 Å². The first-order valence-electron chi connectivity index (χ1n) is 4.58. The number of hydrogen-bond donors (Lipinski definition) is 0. The van der Waals surface area contributed by atoms with E-state index in [4.69, 9.17) is 29.6 Å². The lowest BCUT2D eigenvalue weighted by Crippen LogP contribution is -1.86. The number of hydrogen-bond acceptors (Lipinski definition) is 1. The van der Waals surface area contributed by atoms with Gasteiger partial charge in [-0.1, -0.05) is 35.2 Å². The Morgan fingerprint density at radius 3 is 2.62 bits per heavy atom. The first-order chi connectivity index (χ1) is 7.72. The molecule has 3 heteroatoms. The van der Waals surface area contributed by atoms with Gasteiger partial charge in [0, 0.05) is 39.1 Å². The molecule has 0 spiro atoms. The summed E-state index contributed by atoms with van der Waals surface area (Å²) in [7, 11) is 0. The van der Waals surface area contributed by atoms with Crippen LogP contribution in [-0.4, -0.2) is 4.98 Å². The van der Waals surface area contributed by atoms with Crippen molar-refractivity contribution in [3.8, 4) is 23.5 Å². The summed E-state index contributed by atoms with van der Waals surface area (Å²) in [4.78, 5) is 4.05. The zero-order valence-corrected chi connectivity index (χ0v) is 9.76. The Morgan fingerprint density at radius 1 is 1.12 bits per heavy atom. The van der Waals surface area contributed by atoms with Crippen molar-refractivity contribution in [2.75, 3.05) is 0 Å². The van der Waals surface area contributed by atoms with Gasteiger partial charge in [0.1, 0.15) is 0 Å². The smallest absolute Gasteiger partial charge is 0.0500 e. The van der Waals surface area contributed by atoms with Crippen LogP contribution in [0.4, 0.5) is 0 Å². The Bertz CT molecular complexity index is 570. The minimum absolute atomic E-state index is 0.567. The predicted molar refractivity (Wildman–Crippen MR) is 67.6 cm³/mol. The third-order valence-corrected chi connectivity index (χ3v) is 2.75. The molecular formula is C13H7Cl2N. The van der Waals surface area contributed by atoms with E-state index in [1.807, 2.05) is 6.07 Å². The summed E-state index contributed by atoms with van der Waals surface area (Å²) in [6.07, 6.45) is 8.78. The van der Waals surface area contributed by atoms with Crippen molar-refractivity contribution in [1.29, 1.82) is 0 Å². The topological polar surface area (TPSA) is 12.9 Å². The second-order valence-electron chi connectivity index (χ2n) is 3.19. The van der Waals surface area contributed by atoms with Crippen molar-refractivity contribution in [1.82, 2.24) is 4.98 Å². The molecule has 0 aliphatic rings. The van der Waals surface area contributed by atoms with Gasteiger partial charge in [-0.3, -0.25) is 4.98 Å². The van der Waals surface area contributed by atoms with Gasteiger partial charge in [-0.15, -0.1) is 6.42 Å². The molecule has 0 aliphatic heterocycles. The second-order valence-corrected chi connectivity index (χ2v) is 4.03. The van der Waals surface area contributed by atoms with E-state index in [0.29, 0.717) is 10.0 Å². The number of pyridine rings is 1. The zero-order chi connectivity index (χ0) is 11.5. The van der Waals surface area contributed by atoms with E-state index in [2.05, 4.69) is 10.9 Å². The molecular weight excluding hydrogens is 241 g/mol. The van der Waals surface area contributed by atoms with Crippen LogP contribution in [0.3, 0.4) is 0 Å². The molecule has 0 saturated carbocycles. The monoisotopic (exact) mass is 247 g/mol. The summed E-state index contributed by atoms with van der Waals surface area (Å²) in [5.74, 6) is 2.60. The number of rotatable bonds is 1. The van der Waals surface area contributed by atoms with Crippen molar-refractivity contribution >= 4 is 23.2 Å². The molecule has 1 aromatic heterocycles. The van der Waals surface area contributed by atoms with E-state index in [0.717, 1.165) is 16.7 Å². The lowest BCUT2D eigenvalue weighted by molar-refractivity contribution is 1.32. The van der Waals surface area contributed by atoms with Gasteiger partial charge < -0.3 is 0 Å². The summed E-state index contributed by atoms with van der Waals surface area (Å²) >= 11 is 11.9. The van der Waals surface area contributed by atoms with Gasteiger partial charge in [0.25, 0.3) is 0 Å². The summed E-state index contributed by atoms with van der Waals surface area (Å²) in [6.45, 7) is 0. The first-order valence-corrected chi connectivity index (χ1v) is 5.34. The fraction of sp³-hybridized carbons (Fsp3) is 0. The standard InChI is InChI=1S/C13H7Cl2N/c1-2-9-5-6-16-8-12(9)11-4-3-10(14)7-13(11)15/h1,3-8H. The first kappa shape index (κ1) is 11.0. The van der Waals surface area contributed by atoms with E-state index in [1.165, 1.54) is 0 Å². The summed E-state index contributed by atoms with van der Waals surface area (Å²) < 4.78 is 0. The molecule has 2 aromatic rings. The highest BCUT2D eigenvalue weighted by atomic mass is 35.5. The maximum atomic E-state index is 6.11. The molecule has 1 heterocycles. The Hall–Kier alpha value is -1.49. The molecule has 0 bridgehead atoms. The van der Waals surface area contributed by atoms with E-state index < -0.39 is 0 Å². The van der Waals surface area contributed by atoms with Crippen molar-refractivity contribution in [3.05, 3.63) is 52.3 Å². The molecule has 0 radical (unpaired) electrons. The van der Waals surface area contributed by atoms with Crippen LogP contribution in [0.5, 0.6) is 0 Å². The molecule has 0 saturated heterocycles. The molecule has 16 heavy (non-hydrogen) atoms. The average Bonchev–Trinajstić information content (AvgIpc) is 2.29. The molecule has 0 N–H and O–H groups in total. The van der Waals surface area contributed by atoms with Crippen molar-refractivity contribution in [2.45, 2.75) is 0 Å². The van der Waals surface area contributed by atoms with E-state index in [-0.39, 0.29) is 0 Å². The van der Waals surface area contributed by atoms with E-state index >= 15 is 0 Å². The molecule has 0 amide bonds. The fourth-order valence-corrected chi connectivity index (χ4v) is 1.95. The number of halogens is 2. The summed E-state index contributed by atoms with van der Waals surface area (Å²) in [6, 6.07) is 7.07. The number of nitrogens with zero attached hydrogens (tertiary/aromatic N) is 1. The largest absolute Gasteiger partial charge is 0.264 e. The van der Waals surface area contributed by atoms with Crippen molar-refractivity contribution in [3.63, 3.8) is 0 Å². The second kappa shape index (κ2) is 4.57. The van der Waals surface area contributed by atoms with Gasteiger partial charge in [0.15, 0.2) is 0 Å². The van der Waals surface area contributed by atoms with Crippen molar-refractivity contribution in [2.24, 2.45) is 0 Å². The van der Waals surface area contributed by atoms with Gasteiger partial charge in [-0.2, -0.15) is 0 Å². The summed E-state index contributed by atoms with van der Waals surface area (Å²) in [5.41, 5.74) is 2.44. The van der Waals surface area contributed by atoms with Crippen LogP contribution in [0.2, 0.25) is 10.0 Å². The molecule has 2 rings (SSSR count). The zero-order valence-electron chi connectivity index (χ0n) is 8.24. The lowest BCUT2D eigenvalue weighted by Gasteiger charge is -2.06. The normalized spacial score (nSPS) is 9.81. The number of terminal acetylenes is 1. The highest BCUT2D eigenvalue weighted by Gasteiger charge is 2.07. The molecule has 78 valence electrons. The number of benzene rings is 1. The Balaban J connectivity index is 2.64. The highest BCUT2D eigenvalue weighted by molar-refractivity contribution is 6.36. The third-order valence-electron chi connectivity index (χ3n) is 2.20. The minimum Gasteiger partial charge on any atom is -0.264 e.